The first-order valence-electron chi connectivity index (χ1n) is 4.43. The molecule has 0 atom stereocenters. The number of anilines is 1. The Bertz CT molecular complexity index is 465. The second kappa shape index (κ2) is 5.36. The summed E-state index contributed by atoms with van der Waals surface area (Å²) in [7, 11) is 0. The van der Waals surface area contributed by atoms with Gasteiger partial charge in [0.15, 0.2) is 0 Å². The topological polar surface area (TPSA) is 24.9 Å². The predicted octanol–water partition coefficient (Wildman–Crippen LogP) is 4.82. The van der Waals surface area contributed by atoms with E-state index < -0.39 is 0 Å². The van der Waals surface area contributed by atoms with Crippen molar-refractivity contribution in [2.24, 2.45) is 0 Å². The van der Waals surface area contributed by atoms with Gasteiger partial charge in [0, 0.05) is 16.0 Å². The van der Waals surface area contributed by atoms with Gasteiger partial charge in [-0.3, -0.25) is 0 Å². The molecule has 16 heavy (non-hydrogen) atoms. The summed E-state index contributed by atoms with van der Waals surface area (Å²) < 4.78 is 0.863. The quantitative estimate of drug-likeness (QED) is 0.868. The Morgan fingerprint density at radius 2 is 2.00 bits per heavy atom. The maximum absolute atomic E-state index is 6.08. The van der Waals surface area contributed by atoms with Crippen LogP contribution in [0.3, 0.4) is 0 Å². The van der Waals surface area contributed by atoms with E-state index in [-0.39, 0.29) is 0 Å². The minimum atomic E-state index is 0.593. The van der Waals surface area contributed by atoms with E-state index in [1.165, 1.54) is 0 Å². The molecule has 2 nitrogen and oxygen atoms in total. The lowest BCUT2D eigenvalue weighted by Gasteiger charge is -2.09. The zero-order valence-electron chi connectivity index (χ0n) is 8.01. The van der Waals surface area contributed by atoms with E-state index >= 15 is 0 Å². The Balaban J connectivity index is 2.15. The SMILES string of the molecule is Clc1cc(Br)cc(Cl)c1NCc1nccs1. The molecule has 6 heteroatoms. The first-order valence-corrected chi connectivity index (χ1v) is 6.86. The van der Waals surface area contributed by atoms with Gasteiger partial charge in [0.05, 0.1) is 22.3 Å². The minimum Gasteiger partial charge on any atom is -0.376 e. The fourth-order valence-corrected chi connectivity index (χ4v) is 3.11. The van der Waals surface area contributed by atoms with Crippen LogP contribution in [0.2, 0.25) is 10.0 Å². The normalized spacial score (nSPS) is 10.4. The molecule has 0 aliphatic carbocycles. The third-order valence-corrected chi connectivity index (χ3v) is 3.74. The molecule has 1 aromatic heterocycles. The van der Waals surface area contributed by atoms with Crippen molar-refractivity contribution in [3.63, 3.8) is 0 Å². The van der Waals surface area contributed by atoms with E-state index in [2.05, 4.69) is 26.2 Å². The van der Waals surface area contributed by atoms with E-state index in [0.29, 0.717) is 16.6 Å². The number of nitrogens with zero attached hydrogens (tertiary/aromatic N) is 1. The molecule has 0 aliphatic heterocycles. The van der Waals surface area contributed by atoms with Gasteiger partial charge in [-0.1, -0.05) is 39.1 Å². The lowest BCUT2D eigenvalue weighted by molar-refractivity contribution is 1.10. The molecule has 0 saturated carbocycles. The first-order chi connectivity index (χ1) is 7.66. The molecule has 2 rings (SSSR count). The van der Waals surface area contributed by atoms with Crippen molar-refractivity contribution in [1.29, 1.82) is 0 Å². The number of rotatable bonds is 3. The molecule has 1 N–H and O–H groups in total. The Morgan fingerprint density at radius 3 is 2.56 bits per heavy atom. The van der Waals surface area contributed by atoms with Gasteiger partial charge in [-0.05, 0) is 12.1 Å². The van der Waals surface area contributed by atoms with Gasteiger partial charge in [0.25, 0.3) is 0 Å². The lowest BCUT2D eigenvalue weighted by atomic mass is 10.3. The fourth-order valence-electron chi connectivity index (χ4n) is 1.22. The lowest BCUT2D eigenvalue weighted by Crippen LogP contribution is -2.00. The summed E-state index contributed by atoms with van der Waals surface area (Å²) in [6, 6.07) is 3.61. The van der Waals surface area contributed by atoms with Crippen LogP contribution < -0.4 is 5.32 Å². The fraction of sp³-hybridized carbons (Fsp3) is 0.100. The second-order valence-corrected chi connectivity index (χ2v) is 5.73. The van der Waals surface area contributed by atoms with Crippen molar-refractivity contribution in [2.75, 3.05) is 5.32 Å². The molecule has 0 bridgehead atoms. The summed E-state index contributed by atoms with van der Waals surface area (Å²) in [6.07, 6.45) is 1.77. The van der Waals surface area contributed by atoms with Gasteiger partial charge in [-0.2, -0.15) is 0 Å². The number of hydrogen-bond acceptors (Lipinski definition) is 3. The molecule has 1 heterocycles. The molecular weight excluding hydrogens is 331 g/mol. The maximum atomic E-state index is 6.08. The molecule has 0 spiro atoms. The van der Waals surface area contributed by atoms with Gasteiger partial charge in [-0.15, -0.1) is 11.3 Å². The maximum Gasteiger partial charge on any atom is 0.112 e. The highest BCUT2D eigenvalue weighted by atomic mass is 79.9. The smallest absolute Gasteiger partial charge is 0.112 e. The van der Waals surface area contributed by atoms with E-state index in [0.717, 1.165) is 15.2 Å². The molecule has 0 unspecified atom stereocenters. The Labute approximate surface area is 116 Å². The second-order valence-electron chi connectivity index (χ2n) is 3.02. The van der Waals surface area contributed by atoms with Crippen LogP contribution in [0.4, 0.5) is 5.69 Å². The van der Waals surface area contributed by atoms with Crippen molar-refractivity contribution < 1.29 is 0 Å². The Morgan fingerprint density at radius 1 is 1.31 bits per heavy atom. The van der Waals surface area contributed by atoms with Gasteiger partial charge in [-0.25, -0.2) is 4.98 Å². The minimum absolute atomic E-state index is 0.593. The zero-order chi connectivity index (χ0) is 11.5. The Kier molecular flexibility index (Phi) is 4.08. The summed E-state index contributed by atoms with van der Waals surface area (Å²) in [5.74, 6) is 0. The average molecular weight is 338 g/mol. The van der Waals surface area contributed by atoms with Crippen LogP contribution in [0.25, 0.3) is 0 Å². The number of nitrogens with one attached hydrogen (secondary N) is 1. The number of benzene rings is 1. The van der Waals surface area contributed by atoms with Crippen LogP contribution in [0.1, 0.15) is 5.01 Å². The third kappa shape index (κ3) is 2.88. The Hall–Kier alpha value is -0.290. The monoisotopic (exact) mass is 336 g/mol. The van der Waals surface area contributed by atoms with Crippen LogP contribution in [0, 0.1) is 0 Å². The van der Waals surface area contributed by atoms with Gasteiger partial charge in [0.1, 0.15) is 5.01 Å². The van der Waals surface area contributed by atoms with Gasteiger partial charge in [0.2, 0.25) is 0 Å². The largest absolute Gasteiger partial charge is 0.376 e. The van der Waals surface area contributed by atoms with Gasteiger partial charge < -0.3 is 5.32 Å². The van der Waals surface area contributed by atoms with Crippen molar-refractivity contribution >= 4 is 56.2 Å². The number of halogens is 3. The van der Waals surface area contributed by atoms with Crippen LogP contribution in [-0.2, 0) is 6.54 Å². The molecule has 84 valence electrons. The summed E-state index contributed by atoms with van der Waals surface area (Å²) in [4.78, 5) is 4.17. The summed E-state index contributed by atoms with van der Waals surface area (Å²) in [5, 5.41) is 7.29. The average Bonchev–Trinajstić information content (AvgIpc) is 2.68. The molecule has 0 amide bonds. The summed E-state index contributed by atoms with van der Waals surface area (Å²) in [5.41, 5.74) is 0.738. The van der Waals surface area contributed by atoms with E-state index in [1.54, 1.807) is 29.7 Å². The molecule has 0 saturated heterocycles. The van der Waals surface area contributed by atoms with Crippen molar-refractivity contribution in [2.45, 2.75) is 6.54 Å². The standard InChI is InChI=1S/C10H7BrCl2N2S/c11-6-3-7(12)10(8(13)4-6)15-5-9-14-1-2-16-9/h1-4,15H,5H2. The van der Waals surface area contributed by atoms with E-state index in [4.69, 9.17) is 23.2 Å². The van der Waals surface area contributed by atoms with Crippen molar-refractivity contribution in [3.05, 3.63) is 43.2 Å². The molecule has 1 aromatic carbocycles. The van der Waals surface area contributed by atoms with Crippen LogP contribution in [-0.4, -0.2) is 4.98 Å². The first kappa shape index (κ1) is 12.2. The highest BCUT2D eigenvalue weighted by molar-refractivity contribution is 9.10. The molecule has 0 fully saturated rings. The number of aromatic nitrogens is 1. The van der Waals surface area contributed by atoms with Crippen LogP contribution in [0.5, 0.6) is 0 Å². The molecule has 0 aliphatic rings. The number of thiazole rings is 1. The van der Waals surface area contributed by atoms with Crippen LogP contribution in [0.15, 0.2) is 28.2 Å². The summed E-state index contributed by atoms with van der Waals surface area (Å²) >= 11 is 17.1. The molecule has 0 radical (unpaired) electrons. The van der Waals surface area contributed by atoms with Crippen molar-refractivity contribution in [1.82, 2.24) is 4.98 Å². The molecule has 2 aromatic rings. The van der Waals surface area contributed by atoms with Crippen LogP contribution >= 0.6 is 50.5 Å². The van der Waals surface area contributed by atoms with E-state index in [1.807, 2.05) is 5.38 Å². The zero-order valence-corrected chi connectivity index (χ0v) is 11.9. The summed E-state index contributed by atoms with van der Waals surface area (Å²) in [6.45, 7) is 0.624. The van der Waals surface area contributed by atoms with E-state index in [9.17, 15) is 0 Å². The third-order valence-electron chi connectivity index (χ3n) is 1.91. The van der Waals surface area contributed by atoms with Gasteiger partial charge >= 0.3 is 0 Å². The number of hydrogen-bond donors (Lipinski definition) is 1. The predicted molar refractivity (Wildman–Crippen MR) is 73.6 cm³/mol. The highest BCUT2D eigenvalue weighted by Crippen LogP contribution is 2.34. The van der Waals surface area contributed by atoms with Crippen molar-refractivity contribution in [3.8, 4) is 0 Å². The molecular formula is C10H7BrCl2N2S. The highest BCUT2D eigenvalue weighted by Gasteiger charge is 2.07.